The number of carbonyl (C=O) groups is 2. The van der Waals surface area contributed by atoms with Gasteiger partial charge in [0.2, 0.25) is 0 Å². The zero-order valence-electron chi connectivity index (χ0n) is 33.3. The normalized spacial score (nSPS) is 15.9. The maximum atomic E-state index is 12.6. The number of unbranched alkanes of at least 4 members (excludes halogenated alkanes) is 6. The Morgan fingerprint density at radius 3 is 1.78 bits per heavy atom. The first-order valence-electron chi connectivity index (χ1n) is 19.8. The molecule has 0 saturated heterocycles. The zero-order chi connectivity index (χ0) is 41.2. The molecule has 0 heterocycles. The second kappa shape index (κ2) is 34.1. The second-order valence-corrected chi connectivity index (χ2v) is 16.3. The van der Waals surface area contributed by atoms with Gasteiger partial charge >= 0.3 is 27.6 Å². The van der Waals surface area contributed by atoms with E-state index in [-0.39, 0.29) is 18.9 Å². The molecule has 0 aliphatic rings. The molecule has 0 radical (unpaired) electrons. The van der Waals surface area contributed by atoms with E-state index < -0.39 is 66.2 Å². The first kappa shape index (κ1) is 53.0. The van der Waals surface area contributed by atoms with Gasteiger partial charge in [0.25, 0.3) is 0 Å². The van der Waals surface area contributed by atoms with Crippen LogP contribution < -0.4 is 0 Å². The van der Waals surface area contributed by atoms with Crippen molar-refractivity contribution in [1.82, 2.24) is 0 Å². The number of rotatable bonds is 36. The van der Waals surface area contributed by atoms with Crippen molar-refractivity contribution in [2.45, 2.75) is 155 Å². The molecule has 0 aromatic carbocycles. The summed E-state index contributed by atoms with van der Waals surface area (Å²) >= 11 is 0. The standard InChI is InChI=1S/C39H70O14P2/c1-4-25-35(40)27-22-18-13-11-9-7-6-8-10-12-14-20-24-29-39(43)53-37(33-52-55(47,48)51-31-36(41)30-50-54(44,45)46)32-49-38(42)28-23-19-16-15-17-21-26-34(3)5-2/h6,8-9,11-12,14,18,22,34-37,40-41H,4-5,7,10,13,15-17,19-21,23-33H2,1-3H3,(H,47,48)(H2,44,45,46)/b8-6-,11-9-,14-12-,22-18-/t34?,35?,36-,37+/m0/s1. The maximum absolute atomic E-state index is 12.6. The summed E-state index contributed by atoms with van der Waals surface area (Å²) in [4.78, 5) is 52.4. The molecule has 0 spiro atoms. The summed E-state index contributed by atoms with van der Waals surface area (Å²) < 4.78 is 47.5. The molecule has 0 aliphatic carbocycles. The summed E-state index contributed by atoms with van der Waals surface area (Å²) in [6, 6.07) is 0. The van der Waals surface area contributed by atoms with Crippen LogP contribution in [0.25, 0.3) is 0 Å². The molecule has 16 heteroatoms. The van der Waals surface area contributed by atoms with Gasteiger partial charge in [0.15, 0.2) is 6.10 Å². The van der Waals surface area contributed by atoms with Crippen molar-refractivity contribution in [2.24, 2.45) is 5.92 Å². The highest BCUT2D eigenvalue weighted by Gasteiger charge is 2.28. The van der Waals surface area contributed by atoms with Crippen molar-refractivity contribution in [1.29, 1.82) is 0 Å². The number of carbonyl (C=O) groups excluding carboxylic acids is 2. The highest BCUT2D eigenvalue weighted by molar-refractivity contribution is 7.47. The van der Waals surface area contributed by atoms with Crippen LogP contribution in [-0.4, -0.2) is 81.6 Å². The molecule has 5 atom stereocenters. The molecule has 14 nitrogen and oxygen atoms in total. The first-order valence-corrected chi connectivity index (χ1v) is 22.8. The average molecular weight is 825 g/mol. The van der Waals surface area contributed by atoms with Crippen molar-refractivity contribution in [3.8, 4) is 0 Å². The molecule has 5 N–H and O–H groups in total. The minimum Gasteiger partial charge on any atom is -0.462 e. The van der Waals surface area contributed by atoms with Crippen LogP contribution in [0.5, 0.6) is 0 Å². The molecule has 0 amide bonds. The Kier molecular flexibility index (Phi) is 32.9. The summed E-state index contributed by atoms with van der Waals surface area (Å²) in [5.41, 5.74) is 0. The SMILES string of the molecule is CCCC(O)C/C=C\C/C=C\C/C=C\C/C=C\CCCC(=O)O[C@H](COC(=O)CCCCCCCCC(C)CC)COP(=O)(O)OC[C@@H](O)COP(=O)(O)O. The zero-order valence-corrected chi connectivity index (χ0v) is 35.1. The molecular weight excluding hydrogens is 754 g/mol. The van der Waals surface area contributed by atoms with Gasteiger partial charge < -0.3 is 34.4 Å². The lowest BCUT2D eigenvalue weighted by Crippen LogP contribution is -2.29. The molecule has 0 aliphatic heterocycles. The smallest absolute Gasteiger partial charge is 0.462 e. The number of aliphatic hydroxyl groups excluding tert-OH is 2. The van der Waals surface area contributed by atoms with Crippen LogP contribution in [0.4, 0.5) is 0 Å². The molecule has 0 aromatic rings. The van der Waals surface area contributed by atoms with Crippen LogP contribution in [-0.2, 0) is 41.8 Å². The predicted octanol–water partition coefficient (Wildman–Crippen LogP) is 8.33. The molecule has 0 saturated carbocycles. The van der Waals surface area contributed by atoms with Gasteiger partial charge in [0.05, 0.1) is 25.9 Å². The minimum atomic E-state index is -4.87. The summed E-state index contributed by atoms with van der Waals surface area (Å²) in [7, 11) is -9.69. The fourth-order valence-electron chi connectivity index (χ4n) is 4.92. The van der Waals surface area contributed by atoms with Gasteiger partial charge in [-0.1, -0.05) is 121 Å². The Balaban J connectivity index is 4.70. The molecule has 0 aromatic heterocycles. The van der Waals surface area contributed by atoms with E-state index in [4.69, 9.17) is 23.8 Å². The van der Waals surface area contributed by atoms with Crippen molar-refractivity contribution in [2.75, 3.05) is 26.4 Å². The molecule has 0 rings (SSSR count). The lowest BCUT2D eigenvalue weighted by molar-refractivity contribution is -0.161. The number of phosphoric ester groups is 2. The largest absolute Gasteiger partial charge is 0.472 e. The topological polar surface area (TPSA) is 216 Å². The highest BCUT2D eigenvalue weighted by atomic mass is 31.2. The minimum absolute atomic E-state index is 0.0395. The fraction of sp³-hybridized carbons (Fsp3) is 0.744. The third-order valence-electron chi connectivity index (χ3n) is 8.31. The van der Waals surface area contributed by atoms with E-state index in [9.17, 15) is 33.8 Å². The average Bonchev–Trinajstić information content (AvgIpc) is 3.13. The van der Waals surface area contributed by atoms with E-state index in [1.807, 2.05) is 24.3 Å². The van der Waals surface area contributed by atoms with E-state index in [0.717, 1.165) is 57.3 Å². The van der Waals surface area contributed by atoms with Gasteiger partial charge in [0, 0.05) is 12.8 Å². The van der Waals surface area contributed by atoms with E-state index in [1.165, 1.54) is 25.7 Å². The van der Waals surface area contributed by atoms with E-state index in [0.29, 0.717) is 25.7 Å². The Morgan fingerprint density at radius 2 is 1.16 bits per heavy atom. The molecule has 0 fully saturated rings. The highest BCUT2D eigenvalue weighted by Crippen LogP contribution is 2.43. The number of allylic oxidation sites excluding steroid dienone is 7. The third-order valence-corrected chi connectivity index (χ3v) is 9.74. The van der Waals surface area contributed by atoms with Gasteiger partial charge in [-0.25, -0.2) is 9.13 Å². The van der Waals surface area contributed by atoms with Crippen molar-refractivity contribution < 1.29 is 66.7 Å². The van der Waals surface area contributed by atoms with Crippen LogP contribution in [0.15, 0.2) is 48.6 Å². The van der Waals surface area contributed by atoms with E-state index in [2.05, 4.69) is 54.1 Å². The Bertz CT molecular complexity index is 1200. The van der Waals surface area contributed by atoms with Gasteiger partial charge in [-0.05, 0) is 57.3 Å². The van der Waals surface area contributed by atoms with Gasteiger partial charge in [-0.3, -0.25) is 23.2 Å². The summed E-state index contributed by atoms with van der Waals surface area (Å²) in [5.74, 6) is -0.382. The van der Waals surface area contributed by atoms with Crippen LogP contribution in [0.2, 0.25) is 0 Å². The predicted molar refractivity (Wildman–Crippen MR) is 213 cm³/mol. The molecule has 0 bridgehead atoms. The van der Waals surface area contributed by atoms with Crippen LogP contribution in [0, 0.1) is 5.92 Å². The monoisotopic (exact) mass is 824 g/mol. The number of ether oxygens (including phenoxy) is 2. The van der Waals surface area contributed by atoms with Gasteiger partial charge in [0.1, 0.15) is 12.7 Å². The number of esters is 2. The summed E-state index contributed by atoms with van der Waals surface area (Å²) in [5, 5.41) is 19.4. The number of hydrogen-bond donors (Lipinski definition) is 5. The Labute approximate surface area is 329 Å². The molecule has 3 unspecified atom stereocenters. The van der Waals surface area contributed by atoms with Crippen LogP contribution in [0.3, 0.4) is 0 Å². The lowest BCUT2D eigenvalue weighted by Gasteiger charge is -2.20. The third kappa shape index (κ3) is 37.4. The van der Waals surface area contributed by atoms with E-state index >= 15 is 0 Å². The van der Waals surface area contributed by atoms with Crippen molar-refractivity contribution in [3.63, 3.8) is 0 Å². The summed E-state index contributed by atoms with van der Waals surface area (Å²) in [6.07, 6.45) is 27.8. The first-order chi connectivity index (χ1) is 26.2. The molecule has 320 valence electrons. The number of aliphatic hydroxyl groups is 2. The van der Waals surface area contributed by atoms with Crippen LogP contribution >= 0.6 is 15.6 Å². The second-order valence-electron chi connectivity index (χ2n) is 13.6. The van der Waals surface area contributed by atoms with Crippen molar-refractivity contribution >= 4 is 27.6 Å². The Hall–Kier alpha value is -1.96. The van der Waals surface area contributed by atoms with E-state index in [1.54, 1.807) is 0 Å². The summed E-state index contributed by atoms with van der Waals surface area (Å²) in [6.45, 7) is 3.71. The number of phosphoric acid groups is 2. The fourth-order valence-corrected chi connectivity index (χ4v) is 6.07. The van der Waals surface area contributed by atoms with Crippen LogP contribution in [0.1, 0.15) is 136 Å². The van der Waals surface area contributed by atoms with Gasteiger partial charge in [-0.2, -0.15) is 0 Å². The van der Waals surface area contributed by atoms with Crippen molar-refractivity contribution in [3.05, 3.63) is 48.6 Å². The lowest BCUT2D eigenvalue weighted by atomic mass is 10.00. The maximum Gasteiger partial charge on any atom is 0.472 e. The quantitative estimate of drug-likeness (QED) is 0.0174. The number of hydrogen-bond acceptors (Lipinski definition) is 11. The Morgan fingerprint density at radius 1 is 0.618 bits per heavy atom. The molecule has 55 heavy (non-hydrogen) atoms. The van der Waals surface area contributed by atoms with Gasteiger partial charge in [-0.15, -0.1) is 0 Å². The molecular formula is C39H70O14P2.